The minimum Gasteiger partial charge on any atom is -0.257 e. The molecule has 6 heteroatoms. The predicted octanol–water partition coefficient (Wildman–Crippen LogP) is 0.284. The monoisotopic (exact) mass is 228 g/mol. The van der Waals surface area contributed by atoms with E-state index in [1.54, 1.807) is 20.8 Å². The third kappa shape index (κ3) is 1.56. The molecule has 0 spiro atoms. The normalized spacial score (nSPS) is 55.2. The lowest BCUT2D eigenvalue weighted by molar-refractivity contribution is 0.657. The highest BCUT2D eigenvalue weighted by Crippen LogP contribution is 2.24. The summed E-state index contributed by atoms with van der Waals surface area (Å²) in [6, 6.07) is 0. The van der Waals surface area contributed by atoms with Crippen molar-refractivity contribution < 1.29 is 12.6 Å². The second-order valence-electron chi connectivity index (χ2n) is 2.69. The van der Waals surface area contributed by atoms with Gasteiger partial charge in [0.2, 0.25) is 0 Å². The minimum absolute atomic E-state index is 0.340. The SMILES string of the molecule is CC1S(=O)C(C)S(=O)C(C)S1=O. The predicted molar refractivity (Wildman–Crippen MR) is 52.8 cm³/mol. The van der Waals surface area contributed by atoms with Crippen LogP contribution in [0.4, 0.5) is 0 Å². The Labute approximate surface area is 79.7 Å². The molecule has 0 N–H and O–H groups in total. The molecule has 1 rings (SSSR count). The quantitative estimate of drug-likeness (QED) is 0.598. The average molecular weight is 228 g/mol. The van der Waals surface area contributed by atoms with Crippen LogP contribution in [-0.4, -0.2) is 26.4 Å². The summed E-state index contributed by atoms with van der Waals surface area (Å²) in [4.78, 5) is 0. The van der Waals surface area contributed by atoms with Crippen molar-refractivity contribution >= 4 is 32.4 Å². The lowest BCUT2D eigenvalue weighted by Crippen LogP contribution is -2.42. The standard InChI is InChI=1S/C6H12O3S3/c1-4-10(7)5(2)12(9)6(3)11(4)8/h4-6H,1-3H3. The maximum atomic E-state index is 11.4. The molecule has 0 aromatic heterocycles. The fourth-order valence-electron chi connectivity index (χ4n) is 1.09. The molecule has 0 unspecified atom stereocenters. The highest BCUT2D eigenvalue weighted by molar-refractivity contribution is 8.19. The van der Waals surface area contributed by atoms with Crippen molar-refractivity contribution in [1.29, 1.82) is 0 Å². The molecule has 0 aliphatic carbocycles. The summed E-state index contributed by atoms with van der Waals surface area (Å²) in [5.41, 5.74) is 0. The van der Waals surface area contributed by atoms with E-state index in [2.05, 4.69) is 0 Å². The summed E-state index contributed by atoms with van der Waals surface area (Å²) in [6.45, 7) is 5.07. The van der Waals surface area contributed by atoms with E-state index in [-0.39, 0.29) is 13.7 Å². The molecule has 12 heavy (non-hydrogen) atoms. The van der Waals surface area contributed by atoms with Gasteiger partial charge >= 0.3 is 0 Å². The van der Waals surface area contributed by atoms with Crippen molar-refractivity contribution in [2.45, 2.75) is 34.5 Å². The molecule has 0 aromatic rings. The Hall–Kier alpha value is 0.450. The van der Waals surface area contributed by atoms with E-state index < -0.39 is 32.4 Å². The van der Waals surface area contributed by atoms with Crippen LogP contribution in [-0.2, 0) is 32.4 Å². The Morgan fingerprint density at radius 1 is 0.667 bits per heavy atom. The van der Waals surface area contributed by atoms with Crippen LogP contribution in [0.2, 0.25) is 0 Å². The van der Waals surface area contributed by atoms with Crippen molar-refractivity contribution in [3.8, 4) is 0 Å². The first-order chi connectivity index (χ1) is 5.46. The van der Waals surface area contributed by atoms with Gasteiger partial charge in [0.25, 0.3) is 0 Å². The van der Waals surface area contributed by atoms with Crippen LogP contribution in [0.3, 0.4) is 0 Å². The third-order valence-corrected chi connectivity index (χ3v) is 9.30. The maximum absolute atomic E-state index is 11.4. The van der Waals surface area contributed by atoms with Gasteiger partial charge in [-0.3, -0.25) is 12.6 Å². The smallest absolute Gasteiger partial charge is 0.110 e. The molecule has 1 fully saturated rings. The Morgan fingerprint density at radius 3 is 1.00 bits per heavy atom. The summed E-state index contributed by atoms with van der Waals surface area (Å²) in [6.07, 6.45) is 0. The molecule has 1 aliphatic rings. The minimum atomic E-state index is -1.21. The molecule has 1 heterocycles. The summed E-state index contributed by atoms with van der Waals surface area (Å²) >= 11 is 0. The maximum Gasteiger partial charge on any atom is 0.110 e. The van der Waals surface area contributed by atoms with Gasteiger partial charge in [-0.05, 0) is 20.8 Å². The van der Waals surface area contributed by atoms with E-state index in [0.717, 1.165) is 0 Å². The fourth-order valence-corrected chi connectivity index (χ4v) is 8.59. The van der Waals surface area contributed by atoms with Gasteiger partial charge in [-0.15, -0.1) is 0 Å². The third-order valence-electron chi connectivity index (χ3n) is 1.96. The van der Waals surface area contributed by atoms with Gasteiger partial charge in [0.1, 0.15) is 13.7 Å². The van der Waals surface area contributed by atoms with E-state index in [1.165, 1.54) is 0 Å². The molecule has 72 valence electrons. The van der Waals surface area contributed by atoms with Gasteiger partial charge in [0, 0.05) is 0 Å². The van der Waals surface area contributed by atoms with Gasteiger partial charge in [-0.25, -0.2) is 0 Å². The molecule has 0 aromatic carbocycles. The molecular weight excluding hydrogens is 216 g/mol. The first-order valence-corrected chi connectivity index (χ1v) is 7.47. The average Bonchev–Trinajstić information content (AvgIpc) is 2.08. The van der Waals surface area contributed by atoms with Gasteiger partial charge in [0.05, 0.1) is 32.4 Å². The number of hydrogen-bond donors (Lipinski definition) is 0. The Bertz CT molecular complexity index is 202. The first kappa shape index (κ1) is 10.5. The molecule has 1 saturated heterocycles. The summed E-state index contributed by atoms with van der Waals surface area (Å²) in [7, 11) is -3.63. The molecule has 0 radical (unpaired) electrons. The Balaban J connectivity index is 2.99. The topological polar surface area (TPSA) is 51.2 Å². The number of rotatable bonds is 0. The van der Waals surface area contributed by atoms with Crippen LogP contribution in [0.1, 0.15) is 20.8 Å². The zero-order valence-electron chi connectivity index (χ0n) is 7.18. The van der Waals surface area contributed by atoms with Gasteiger partial charge in [-0.2, -0.15) is 0 Å². The number of hydrogen-bond acceptors (Lipinski definition) is 3. The first-order valence-electron chi connectivity index (χ1n) is 3.65. The molecule has 0 saturated carbocycles. The second-order valence-corrected chi connectivity index (χ2v) is 9.80. The lowest BCUT2D eigenvalue weighted by atomic mass is 10.9. The van der Waals surface area contributed by atoms with E-state index in [4.69, 9.17) is 0 Å². The van der Waals surface area contributed by atoms with Crippen molar-refractivity contribution in [3.63, 3.8) is 0 Å². The zero-order chi connectivity index (χ0) is 9.46. The lowest BCUT2D eigenvalue weighted by Gasteiger charge is -2.27. The molecule has 0 bridgehead atoms. The van der Waals surface area contributed by atoms with Crippen LogP contribution >= 0.6 is 0 Å². The van der Waals surface area contributed by atoms with E-state index >= 15 is 0 Å². The highest BCUT2D eigenvalue weighted by Gasteiger charge is 2.39. The summed E-state index contributed by atoms with van der Waals surface area (Å²) in [5.74, 6) is 0. The fraction of sp³-hybridized carbons (Fsp3) is 1.00. The van der Waals surface area contributed by atoms with Crippen molar-refractivity contribution in [1.82, 2.24) is 0 Å². The van der Waals surface area contributed by atoms with Gasteiger partial charge in [0.15, 0.2) is 0 Å². The molecule has 0 atom stereocenters. The molecule has 0 amide bonds. The van der Waals surface area contributed by atoms with Crippen LogP contribution in [0, 0.1) is 0 Å². The van der Waals surface area contributed by atoms with Crippen molar-refractivity contribution in [3.05, 3.63) is 0 Å². The molecule has 1 aliphatic heterocycles. The van der Waals surface area contributed by atoms with E-state index in [0.29, 0.717) is 0 Å². The summed E-state index contributed by atoms with van der Waals surface area (Å²) in [5, 5.41) is 0. The van der Waals surface area contributed by atoms with Crippen molar-refractivity contribution in [2.24, 2.45) is 0 Å². The van der Waals surface area contributed by atoms with E-state index in [1.807, 2.05) is 0 Å². The van der Waals surface area contributed by atoms with Gasteiger partial charge in [-0.1, -0.05) is 0 Å². The summed E-state index contributed by atoms with van der Waals surface area (Å²) < 4.78 is 33.2. The Morgan fingerprint density at radius 2 is 0.833 bits per heavy atom. The van der Waals surface area contributed by atoms with Gasteiger partial charge < -0.3 is 0 Å². The zero-order valence-corrected chi connectivity index (χ0v) is 9.63. The Kier molecular flexibility index (Phi) is 3.22. The highest BCUT2D eigenvalue weighted by atomic mass is 32.3. The van der Waals surface area contributed by atoms with Crippen LogP contribution in [0.15, 0.2) is 0 Å². The molecular formula is C6H12O3S3. The van der Waals surface area contributed by atoms with Crippen LogP contribution in [0.5, 0.6) is 0 Å². The van der Waals surface area contributed by atoms with Crippen LogP contribution in [0.25, 0.3) is 0 Å². The van der Waals surface area contributed by atoms with Crippen molar-refractivity contribution in [2.75, 3.05) is 0 Å². The second kappa shape index (κ2) is 3.67. The van der Waals surface area contributed by atoms with Crippen LogP contribution < -0.4 is 0 Å². The largest absolute Gasteiger partial charge is 0.257 e. The van der Waals surface area contributed by atoms with E-state index in [9.17, 15) is 12.6 Å². The molecule has 3 nitrogen and oxygen atoms in total.